The van der Waals surface area contributed by atoms with E-state index in [2.05, 4.69) is 25.3 Å². The molecule has 0 aliphatic carbocycles. The molecule has 0 aromatic rings. The number of nitrogens with zero attached hydrogens (tertiary/aromatic N) is 1. The van der Waals surface area contributed by atoms with Gasteiger partial charge < -0.3 is 4.90 Å². The topological polar surface area (TPSA) is 3.24 Å². The van der Waals surface area contributed by atoms with Crippen molar-refractivity contribution in [3.05, 3.63) is 12.8 Å². The van der Waals surface area contributed by atoms with Gasteiger partial charge in [-0.05, 0) is 18.0 Å². The summed E-state index contributed by atoms with van der Waals surface area (Å²) in [4.78, 5) is 2.28. The number of hydrogen-bond acceptors (Lipinski definition) is 1. The van der Waals surface area contributed by atoms with Crippen LogP contribution in [-0.4, -0.2) is 18.0 Å². The molecule has 1 aliphatic rings. The zero-order valence-electron chi connectivity index (χ0n) is 6.35. The molecule has 0 amide bonds. The highest BCUT2D eigenvalue weighted by Crippen LogP contribution is 2.28. The van der Waals surface area contributed by atoms with Crippen LogP contribution in [-0.2, 0) is 0 Å². The quantitative estimate of drug-likeness (QED) is 0.517. The lowest BCUT2D eigenvalue weighted by Crippen LogP contribution is -2.17. The largest absolute Gasteiger partial charge is 0.377 e. The Morgan fingerprint density at radius 3 is 2.44 bits per heavy atom. The van der Waals surface area contributed by atoms with Crippen LogP contribution in [0.4, 0.5) is 0 Å². The first-order valence-corrected chi connectivity index (χ1v) is 3.51. The molecule has 0 aromatic carbocycles. The third-order valence-electron chi connectivity index (χ3n) is 1.97. The molecule has 9 heavy (non-hydrogen) atoms. The molecule has 52 valence electrons. The van der Waals surface area contributed by atoms with Crippen LogP contribution in [0.5, 0.6) is 0 Å². The lowest BCUT2D eigenvalue weighted by Gasteiger charge is -2.16. The van der Waals surface area contributed by atoms with E-state index in [-0.39, 0.29) is 0 Å². The van der Waals surface area contributed by atoms with E-state index in [1.807, 2.05) is 6.20 Å². The zero-order valence-corrected chi connectivity index (χ0v) is 6.35. The Morgan fingerprint density at radius 1 is 1.56 bits per heavy atom. The molecular weight excluding hydrogens is 110 g/mol. The Bertz CT molecular complexity index is 116. The summed E-state index contributed by atoms with van der Waals surface area (Å²) < 4.78 is 0. The van der Waals surface area contributed by atoms with E-state index >= 15 is 0 Å². The fraction of sp³-hybridized carbons (Fsp3) is 0.750. The van der Waals surface area contributed by atoms with Gasteiger partial charge in [0.25, 0.3) is 0 Å². The van der Waals surface area contributed by atoms with Crippen LogP contribution in [0.1, 0.15) is 20.3 Å². The van der Waals surface area contributed by atoms with Crippen molar-refractivity contribution in [2.75, 3.05) is 13.1 Å². The minimum atomic E-state index is 0.522. The van der Waals surface area contributed by atoms with Gasteiger partial charge in [-0.1, -0.05) is 20.4 Å². The zero-order chi connectivity index (χ0) is 6.91. The summed E-state index contributed by atoms with van der Waals surface area (Å²) in [7, 11) is 0. The number of hydrogen-bond donors (Lipinski definition) is 0. The molecule has 0 saturated carbocycles. The summed E-state index contributed by atoms with van der Waals surface area (Å²) in [5.41, 5.74) is 0.522. The van der Waals surface area contributed by atoms with Crippen molar-refractivity contribution in [3.63, 3.8) is 0 Å². The smallest absolute Gasteiger partial charge is 0.0224 e. The minimum absolute atomic E-state index is 0.522. The van der Waals surface area contributed by atoms with Crippen LogP contribution < -0.4 is 0 Å². The summed E-state index contributed by atoms with van der Waals surface area (Å²) in [5.74, 6) is 0. The van der Waals surface area contributed by atoms with Gasteiger partial charge in [0.05, 0.1) is 0 Å². The average molecular weight is 125 g/mol. The summed E-state index contributed by atoms with van der Waals surface area (Å²) in [5, 5.41) is 0. The van der Waals surface area contributed by atoms with Gasteiger partial charge in [-0.15, -0.1) is 0 Å². The second kappa shape index (κ2) is 2.05. The lowest BCUT2D eigenvalue weighted by atomic mass is 9.93. The van der Waals surface area contributed by atoms with Gasteiger partial charge in [0.2, 0.25) is 0 Å². The van der Waals surface area contributed by atoms with E-state index in [1.54, 1.807) is 0 Å². The van der Waals surface area contributed by atoms with Crippen molar-refractivity contribution >= 4 is 0 Å². The van der Waals surface area contributed by atoms with Crippen molar-refractivity contribution in [1.29, 1.82) is 0 Å². The van der Waals surface area contributed by atoms with Gasteiger partial charge in [-0.2, -0.15) is 0 Å². The first-order chi connectivity index (χ1) is 4.14. The first-order valence-electron chi connectivity index (χ1n) is 3.51. The van der Waals surface area contributed by atoms with E-state index in [4.69, 9.17) is 0 Å². The molecule has 1 saturated heterocycles. The third kappa shape index (κ3) is 1.47. The maximum Gasteiger partial charge on any atom is 0.0224 e. The Balaban J connectivity index is 2.47. The second-order valence-electron chi connectivity index (χ2n) is 3.57. The molecule has 0 unspecified atom stereocenters. The molecule has 1 heterocycles. The monoisotopic (exact) mass is 125 g/mol. The Hall–Kier alpha value is -0.460. The molecule has 1 aliphatic heterocycles. The van der Waals surface area contributed by atoms with Gasteiger partial charge in [-0.25, -0.2) is 0 Å². The van der Waals surface area contributed by atoms with Crippen molar-refractivity contribution in [2.45, 2.75) is 20.3 Å². The molecule has 1 fully saturated rings. The first kappa shape index (κ1) is 6.66. The van der Waals surface area contributed by atoms with Crippen LogP contribution >= 0.6 is 0 Å². The summed E-state index contributed by atoms with van der Waals surface area (Å²) in [6.45, 7) is 10.7. The standard InChI is InChI=1S/C8H15N/c1-4-9-6-5-8(2,3)7-9/h4H,1,5-7H2,2-3H3. The predicted molar refractivity (Wildman–Crippen MR) is 40.2 cm³/mol. The highest BCUT2D eigenvalue weighted by atomic mass is 15.1. The molecular formula is C8H15N. The van der Waals surface area contributed by atoms with Crippen molar-refractivity contribution in [1.82, 2.24) is 4.90 Å². The highest BCUT2D eigenvalue weighted by Gasteiger charge is 2.26. The lowest BCUT2D eigenvalue weighted by molar-refractivity contribution is 0.359. The van der Waals surface area contributed by atoms with Gasteiger partial charge in [0, 0.05) is 13.1 Å². The summed E-state index contributed by atoms with van der Waals surface area (Å²) >= 11 is 0. The number of likely N-dealkylation sites (tertiary alicyclic amines) is 1. The number of rotatable bonds is 1. The molecule has 0 bridgehead atoms. The van der Waals surface area contributed by atoms with Gasteiger partial charge in [-0.3, -0.25) is 0 Å². The van der Waals surface area contributed by atoms with E-state index < -0.39 is 0 Å². The summed E-state index contributed by atoms with van der Waals surface area (Å²) in [6.07, 6.45) is 3.24. The van der Waals surface area contributed by atoms with Crippen LogP contribution in [0.2, 0.25) is 0 Å². The fourth-order valence-corrected chi connectivity index (χ4v) is 1.31. The molecule has 1 rings (SSSR count). The minimum Gasteiger partial charge on any atom is -0.377 e. The Morgan fingerprint density at radius 2 is 2.22 bits per heavy atom. The molecule has 0 atom stereocenters. The average Bonchev–Trinajstić information content (AvgIpc) is 2.10. The second-order valence-corrected chi connectivity index (χ2v) is 3.57. The predicted octanol–water partition coefficient (Wildman–Crippen LogP) is 1.86. The van der Waals surface area contributed by atoms with E-state index in [1.165, 1.54) is 19.5 Å². The van der Waals surface area contributed by atoms with Crippen LogP contribution in [0.3, 0.4) is 0 Å². The van der Waals surface area contributed by atoms with E-state index in [0.717, 1.165) is 0 Å². The normalized spacial score (nSPS) is 24.4. The van der Waals surface area contributed by atoms with Crippen LogP contribution in [0.15, 0.2) is 12.8 Å². The van der Waals surface area contributed by atoms with Crippen LogP contribution in [0, 0.1) is 5.41 Å². The maximum absolute atomic E-state index is 3.73. The van der Waals surface area contributed by atoms with Crippen molar-refractivity contribution in [3.8, 4) is 0 Å². The Labute approximate surface area is 57.4 Å². The molecule has 0 radical (unpaired) electrons. The molecule has 0 spiro atoms. The third-order valence-corrected chi connectivity index (χ3v) is 1.97. The molecule has 1 nitrogen and oxygen atoms in total. The summed E-state index contributed by atoms with van der Waals surface area (Å²) in [6, 6.07) is 0. The Kier molecular flexibility index (Phi) is 1.52. The molecule has 0 N–H and O–H groups in total. The SMILES string of the molecule is C=CN1CCC(C)(C)C1. The van der Waals surface area contributed by atoms with Crippen molar-refractivity contribution < 1.29 is 0 Å². The molecule has 1 heteroatoms. The van der Waals surface area contributed by atoms with Gasteiger partial charge in [0.1, 0.15) is 0 Å². The van der Waals surface area contributed by atoms with E-state index in [0.29, 0.717) is 5.41 Å². The van der Waals surface area contributed by atoms with Gasteiger partial charge in [0.15, 0.2) is 0 Å². The maximum atomic E-state index is 3.73. The highest BCUT2D eigenvalue weighted by molar-refractivity contribution is 4.86. The van der Waals surface area contributed by atoms with Crippen LogP contribution in [0.25, 0.3) is 0 Å². The van der Waals surface area contributed by atoms with E-state index in [9.17, 15) is 0 Å². The van der Waals surface area contributed by atoms with Crippen molar-refractivity contribution in [2.24, 2.45) is 5.41 Å². The van der Waals surface area contributed by atoms with Gasteiger partial charge >= 0.3 is 0 Å². The molecule has 0 aromatic heterocycles. The fourth-order valence-electron chi connectivity index (χ4n) is 1.31.